The van der Waals surface area contributed by atoms with Crippen molar-refractivity contribution in [1.82, 2.24) is 4.90 Å². The molecule has 0 aliphatic carbocycles. The van der Waals surface area contributed by atoms with Crippen molar-refractivity contribution < 1.29 is 23.8 Å². The van der Waals surface area contributed by atoms with Crippen LogP contribution in [0.2, 0.25) is 0 Å². The zero-order chi connectivity index (χ0) is 17.8. The molecule has 0 atom stereocenters. The molecule has 0 radical (unpaired) electrons. The van der Waals surface area contributed by atoms with Crippen LogP contribution in [0.25, 0.3) is 0 Å². The van der Waals surface area contributed by atoms with E-state index in [1.54, 1.807) is 35.9 Å². The summed E-state index contributed by atoms with van der Waals surface area (Å²) in [5.41, 5.74) is 2.62. The first kappa shape index (κ1) is 17.3. The average molecular weight is 361 g/mol. The van der Waals surface area contributed by atoms with Crippen molar-refractivity contribution in [3.05, 3.63) is 45.6 Å². The van der Waals surface area contributed by atoms with E-state index in [1.165, 1.54) is 11.3 Å². The predicted molar refractivity (Wildman–Crippen MR) is 93.3 cm³/mol. The van der Waals surface area contributed by atoms with Gasteiger partial charge in [0, 0.05) is 18.5 Å². The van der Waals surface area contributed by atoms with Crippen LogP contribution in [0.5, 0.6) is 11.5 Å². The van der Waals surface area contributed by atoms with Crippen molar-refractivity contribution in [1.29, 1.82) is 0 Å². The Morgan fingerprint density at radius 3 is 2.52 bits per heavy atom. The van der Waals surface area contributed by atoms with E-state index in [4.69, 9.17) is 14.2 Å². The van der Waals surface area contributed by atoms with E-state index in [9.17, 15) is 9.59 Å². The molecule has 1 aromatic heterocycles. The van der Waals surface area contributed by atoms with Crippen LogP contribution in [0.15, 0.2) is 29.0 Å². The Balaban J connectivity index is 1.63. The van der Waals surface area contributed by atoms with Crippen LogP contribution in [0.1, 0.15) is 21.5 Å². The Morgan fingerprint density at radius 2 is 1.88 bits per heavy atom. The minimum absolute atomic E-state index is 0.205. The van der Waals surface area contributed by atoms with Crippen LogP contribution < -0.4 is 9.47 Å². The zero-order valence-electron chi connectivity index (χ0n) is 14.1. The third-order valence-corrected chi connectivity index (χ3v) is 4.84. The summed E-state index contributed by atoms with van der Waals surface area (Å²) in [6.07, 6.45) is 0.722. The first-order valence-electron chi connectivity index (χ1n) is 7.83. The standard InChI is InChI=1S/C18H19NO5S/c1-22-15-7-12-3-5-19(9-14(12)8-16(15)23-2)17(20)10-24-18(21)13-4-6-25-11-13/h4,6-8,11H,3,5,9-10H2,1-2H3. The fraction of sp³-hybridized carbons (Fsp3) is 0.333. The molecular formula is C18H19NO5S. The SMILES string of the molecule is COc1cc2c(cc1OC)CN(C(=O)COC(=O)c1ccsc1)CC2. The maximum absolute atomic E-state index is 12.4. The van der Waals surface area contributed by atoms with Gasteiger partial charge in [0.1, 0.15) is 0 Å². The number of methoxy groups -OCH3 is 2. The van der Waals surface area contributed by atoms with E-state index >= 15 is 0 Å². The van der Waals surface area contributed by atoms with Gasteiger partial charge in [0.2, 0.25) is 0 Å². The Kier molecular flexibility index (Phi) is 5.23. The Hall–Kier alpha value is -2.54. The van der Waals surface area contributed by atoms with Gasteiger partial charge in [-0.25, -0.2) is 4.79 Å². The lowest BCUT2D eigenvalue weighted by Gasteiger charge is -2.29. The predicted octanol–water partition coefficient (Wildman–Crippen LogP) is 2.51. The Bertz CT molecular complexity index is 772. The maximum Gasteiger partial charge on any atom is 0.339 e. The van der Waals surface area contributed by atoms with E-state index in [2.05, 4.69) is 0 Å². The first-order chi connectivity index (χ1) is 12.1. The third kappa shape index (κ3) is 3.76. The first-order valence-corrected chi connectivity index (χ1v) is 8.77. The van der Waals surface area contributed by atoms with E-state index in [0.717, 1.165) is 17.5 Å². The highest BCUT2D eigenvalue weighted by atomic mass is 32.1. The number of esters is 1. The van der Waals surface area contributed by atoms with Crippen LogP contribution in [0, 0.1) is 0 Å². The summed E-state index contributed by atoms with van der Waals surface area (Å²) in [5.74, 6) is 0.646. The molecule has 132 valence electrons. The van der Waals surface area contributed by atoms with Crippen LogP contribution >= 0.6 is 11.3 Å². The number of amides is 1. The van der Waals surface area contributed by atoms with E-state index in [0.29, 0.717) is 30.2 Å². The van der Waals surface area contributed by atoms with Gasteiger partial charge in [-0.2, -0.15) is 11.3 Å². The fourth-order valence-electron chi connectivity index (χ4n) is 2.78. The molecule has 2 heterocycles. The van der Waals surface area contributed by atoms with Crippen molar-refractivity contribution in [3.8, 4) is 11.5 Å². The van der Waals surface area contributed by atoms with Gasteiger partial charge in [-0.3, -0.25) is 4.79 Å². The third-order valence-electron chi connectivity index (χ3n) is 4.15. The highest BCUT2D eigenvalue weighted by Crippen LogP contribution is 2.33. The smallest absolute Gasteiger partial charge is 0.339 e. The molecule has 2 aromatic rings. The summed E-state index contributed by atoms with van der Waals surface area (Å²) in [4.78, 5) is 25.9. The lowest BCUT2D eigenvalue weighted by Crippen LogP contribution is -2.38. The topological polar surface area (TPSA) is 65.1 Å². The highest BCUT2D eigenvalue weighted by Gasteiger charge is 2.23. The molecule has 25 heavy (non-hydrogen) atoms. The molecule has 1 aliphatic heterocycles. The second kappa shape index (κ2) is 7.57. The number of rotatable bonds is 5. The van der Waals surface area contributed by atoms with Gasteiger partial charge in [0.15, 0.2) is 18.1 Å². The number of carbonyl (C=O) groups excluding carboxylic acids is 2. The fourth-order valence-corrected chi connectivity index (χ4v) is 3.40. The van der Waals surface area contributed by atoms with E-state index in [1.807, 2.05) is 12.1 Å². The monoisotopic (exact) mass is 361 g/mol. The molecule has 0 saturated heterocycles. The van der Waals surface area contributed by atoms with Gasteiger partial charge < -0.3 is 19.1 Å². The summed E-state index contributed by atoms with van der Waals surface area (Å²) >= 11 is 1.41. The van der Waals surface area contributed by atoms with Gasteiger partial charge in [-0.15, -0.1) is 0 Å². The summed E-state index contributed by atoms with van der Waals surface area (Å²) in [6.45, 7) is 0.791. The number of ether oxygens (including phenoxy) is 3. The van der Waals surface area contributed by atoms with Gasteiger partial charge in [-0.05, 0) is 41.1 Å². The molecule has 0 spiro atoms. The molecule has 7 heteroatoms. The average Bonchev–Trinajstić information content (AvgIpc) is 3.18. The highest BCUT2D eigenvalue weighted by molar-refractivity contribution is 7.08. The lowest BCUT2D eigenvalue weighted by atomic mass is 9.99. The van der Waals surface area contributed by atoms with E-state index in [-0.39, 0.29) is 12.5 Å². The Labute approximate surface area is 149 Å². The maximum atomic E-state index is 12.4. The van der Waals surface area contributed by atoms with Gasteiger partial charge in [-0.1, -0.05) is 0 Å². The number of thiophene rings is 1. The number of fused-ring (bicyclic) bond motifs is 1. The Morgan fingerprint density at radius 1 is 1.16 bits per heavy atom. The number of hydrogen-bond acceptors (Lipinski definition) is 6. The summed E-state index contributed by atoms with van der Waals surface area (Å²) < 4.78 is 15.7. The van der Waals surface area contributed by atoms with Gasteiger partial charge in [0.25, 0.3) is 5.91 Å². The van der Waals surface area contributed by atoms with Gasteiger partial charge in [0.05, 0.1) is 19.8 Å². The quantitative estimate of drug-likeness (QED) is 0.766. The van der Waals surface area contributed by atoms with Gasteiger partial charge >= 0.3 is 5.97 Å². The lowest BCUT2D eigenvalue weighted by molar-refractivity contribution is -0.135. The van der Waals surface area contributed by atoms with Crippen molar-refractivity contribution >= 4 is 23.2 Å². The van der Waals surface area contributed by atoms with Crippen molar-refractivity contribution in [2.75, 3.05) is 27.4 Å². The largest absolute Gasteiger partial charge is 0.493 e. The molecule has 1 aliphatic rings. The molecule has 1 amide bonds. The number of hydrogen-bond donors (Lipinski definition) is 0. The van der Waals surface area contributed by atoms with Crippen LogP contribution in [-0.4, -0.2) is 44.1 Å². The molecule has 6 nitrogen and oxygen atoms in total. The number of carbonyl (C=O) groups is 2. The summed E-state index contributed by atoms with van der Waals surface area (Å²) in [7, 11) is 3.19. The summed E-state index contributed by atoms with van der Waals surface area (Å²) in [6, 6.07) is 5.52. The molecule has 1 aromatic carbocycles. The minimum atomic E-state index is -0.474. The normalized spacial score (nSPS) is 13.1. The van der Waals surface area contributed by atoms with Crippen LogP contribution in [0.3, 0.4) is 0 Å². The molecule has 3 rings (SSSR count). The summed E-state index contributed by atoms with van der Waals surface area (Å²) in [5, 5.41) is 3.49. The van der Waals surface area contributed by atoms with Crippen molar-refractivity contribution in [2.45, 2.75) is 13.0 Å². The number of benzene rings is 1. The van der Waals surface area contributed by atoms with Crippen molar-refractivity contribution in [3.63, 3.8) is 0 Å². The molecule has 0 bridgehead atoms. The molecule has 0 saturated carbocycles. The second-order valence-electron chi connectivity index (χ2n) is 5.63. The molecule has 0 N–H and O–H groups in total. The van der Waals surface area contributed by atoms with E-state index < -0.39 is 5.97 Å². The zero-order valence-corrected chi connectivity index (χ0v) is 14.9. The number of nitrogens with zero attached hydrogens (tertiary/aromatic N) is 1. The van der Waals surface area contributed by atoms with Crippen molar-refractivity contribution in [2.24, 2.45) is 0 Å². The van der Waals surface area contributed by atoms with Crippen LogP contribution in [-0.2, 0) is 22.5 Å². The minimum Gasteiger partial charge on any atom is -0.493 e. The second-order valence-corrected chi connectivity index (χ2v) is 6.41. The molecule has 0 unspecified atom stereocenters. The van der Waals surface area contributed by atoms with Crippen LogP contribution in [0.4, 0.5) is 0 Å². The molecular weight excluding hydrogens is 342 g/mol. The molecule has 0 fully saturated rings.